The van der Waals surface area contributed by atoms with Gasteiger partial charge in [0, 0.05) is 12.6 Å². The van der Waals surface area contributed by atoms with E-state index in [2.05, 4.69) is 35.9 Å². The Kier molecular flexibility index (Phi) is 2.81. The van der Waals surface area contributed by atoms with Crippen LogP contribution in [0.25, 0.3) is 16.7 Å². The van der Waals surface area contributed by atoms with Crippen molar-refractivity contribution in [1.29, 1.82) is 0 Å². The van der Waals surface area contributed by atoms with Crippen LogP contribution in [0, 0.1) is 0 Å². The van der Waals surface area contributed by atoms with E-state index in [-0.39, 0.29) is 0 Å². The molecule has 0 spiro atoms. The number of aromatic nitrogens is 4. The van der Waals surface area contributed by atoms with Crippen molar-refractivity contribution in [3.8, 4) is 0 Å². The van der Waals surface area contributed by atoms with Crippen LogP contribution in [0.5, 0.6) is 0 Å². The summed E-state index contributed by atoms with van der Waals surface area (Å²) in [4.78, 5) is 7.00. The molecule has 19 heavy (non-hydrogen) atoms. The molecule has 0 aliphatic rings. The van der Waals surface area contributed by atoms with Gasteiger partial charge in [-0.25, -0.2) is 4.98 Å². The number of anilines is 1. The molecule has 2 heterocycles. The van der Waals surface area contributed by atoms with Crippen LogP contribution in [0.1, 0.15) is 20.8 Å². The minimum Gasteiger partial charge on any atom is -0.351 e. The zero-order valence-corrected chi connectivity index (χ0v) is 11.4. The molecule has 3 aromatic rings. The fourth-order valence-corrected chi connectivity index (χ4v) is 2.44. The summed E-state index contributed by atoms with van der Waals surface area (Å²) in [6.07, 6.45) is 1.75. The van der Waals surface area contributed by atoms with E-state index in [0.717, 1.165) is 29.0 Å². The van der Waals surface area contributed by atoms with E-state index in [1.165, 1.54) is 0 Å². The van der Waals surface area contributed by atoms with Gasteiger partial charge in [-0.2, -0.15) is 0 Å². The molecule has 0 N–H and O–H groups in total. The first-order valence-electron chi connectivity index (χ1n) is 6.57. The van der Waals surface area contributed by atoms with Gasteiger partial charge in [-0.3, -0.25) is 4.40 Å². The van der Waals surface area contributed by atoms with Crippen molar-refractivity contribution in [3.63, 3.8) is 0 Å². The highest BCUT2D eigenvalue weighted by Gasteiger charge is 2.17. The van der Waals surface area contributed by atoms with E-state index in [1.807, 2.05) is 28.7 Å². The van der Waals surface area contributed by atoms with Gasteiger partial charge in [-0.05, 0) is 32.9 Å². The Labute approximate surface area is 111 Å². The highest BCUT2D eigenvalue weighted by Crippen LogP contribution is 2.24. The molecule has 0 fully saturated rings. The number of rotatable bonds is 3. The largest absolute Gasteiger partial charge is 0.351 e. The molecule has 0 bridgehead atoms. The molecule has 3 rings (SSSR count). The molecule has 5 nitrogen and oxygen atoms in total. The first-order valence-corrected chi connectivity index (χ1v) is 6.57. The van der Waals surface area contributed by atoms with Gasteiger partial charge >= 0.3 is 0 Å². The Hall–Kier alpha value is -2.17. The third-order valence-electron chi connectivity index (χ3n) is 3.35. The summed E-state index contributed by atoms with van der Waals surface area (Å²) in [5.41, 5.74) is 2.81. The van der Waals surface area contributed by atoms with Crippen LogP contribution in [0.3, 0.4) is 0 Å². The van der Waals surface area contributed by atoms with Crippen molar-refractivity contribution in [3.05, 3.63) is 30.6 Å². The molecule has 0 aliphatic heterocycles. The number of hydrogen-bond donors (Lipinski definition) is 0. The number of benzene rings is 1. The second-order valence-corrected chi connectivity index (χ2v) is 4.83. The van der Waals surface area contributed by atoms with Crippen LogP contribution in [0.15, 0.2) is 30.6 Å². The number of hydrogen-bond acceptors (Lipinski definition) is 4. The molecule has 0 radical (unpaired) electrons. The fraction of sp³-hybridized carbons (Fsp3) is 0.357. The van der Waals surface area contributed by atoms with E-state index in [4.69, 9.17) is 4.98 Å². The summed E-state index contributed by atoms with van der Waals surface area (Å²) in [5, 5.41) is 8.26. The Bertz CT molecular complexity index is 716. The maximum atomic E-state index is 4.77. The summed E-state index contributed by atoms with van der Waals surface area (Å²) in [6, 6.07) is 8.43. The molecule has 0 atom stereocenters. The van der Waals surface area contributed by atoms with Gasteiger partial charge in [0.25, 0.3) is 0 Å². The molecule has 1 aromatic carbocycles. The maximum Gasteiger partial charge on any atom is 0.204 e. The lowest BCUT2D eigenvalue weighted by Gasteiger charge is -2.26. The number of para-hydroxylation sites is 2. The normalized spacial score (nSPS) is 11.6. The molecular weight excluding hydrogens is 238 g/mol. The summed E-state index contributed by atoms with van der Waals surface area (Å²) in [6.45, 7) is 7.34. The molecule has 98 valence electrons. The Balaban J connectivity index is 2.36. The fourth-order valence-electron chi connectivity index (χ4n) is 2.44. The van der Waals surface area contributed by atoms with Gasteiger partial charge in [-0.1, -0.05) is 12.1 Å². The first-order chi connectivity index (χ1) is 9.22. The van der Waals surface area contributed by atoms with Crippen molar-refractivity contribution in [2.24, 2.45) is 0 Å². The van der Waals surface area contributed by atoms with Crippen molar-refractivity contribution in [2.75, 3.05) is 11.4 Å². The van der Waals surface area contributed by atoms with Crippen molar-refractivity contribution >= 4 is 22.5 Å². The minimum absolute atomic E-state index is 0.374. The van der Waals surface area contributed by atoms with E-state index in [9.17, 15) is 0 Å². The molecule has 5 heteroatoms. The van der Waals surface area contributed by atoms with Gasteiger partial charge in [0.15, 0.2) is 5.82 Å². The average Bonchev–Trinajstić information content (AvgIpc) is 2.88. The minimum atomic E-state index is 0.374. The summed E-state index contributed by atoms with van der Waals surface area (Å²) in [5.74, 6) is 0.897. The Morgan fingerprint density at radius 3 is 2.79 bits per heavy atom. The third-order valence-corrected chi connectivity index (χ3v) is 3.35. The highest BCUT2D eigenvalue weighted by molar-refractivity contribution is 5.82. The van der Waals surface area contributed by atoms with Crippen LogP contribution >= 0.6 is 0 Å². The number of nitrogens with zero attached hydrogens (tertiary/aromatic N) is 5. The van der Waals surface area contributed by atoms with Crippen LogP contribution in [-0.4, -0.2) is 32.2 Å². The van der Waals surface area contributed by atoms with Crippen LogP contribution in [-0.2, 0) is 0 Å². The predicted molar refractivity (Wildman–Crippen MR) is 76.4 cm³/mol. The predicted octanol–water partition coefficient (Wildman–Crippen LogP) is 2.51. The second-order valence-electron chi connectivity index (χ2n) is 4.83. The SMILES string of the molecule is CCN(c1nc2ccccc2n2cnnc12)C(C)C. The van der Waals surface area contributed by atoms with Gasteiger partial charge in [-0.15, -0.1) is 10.2 Å². The zero-order valence-electron chi connectivity index (χ0n) is 11.4. The van der Waals surface area contributed by atoms with Crippen LogP contribution in [0.2, 0.25) is 0 Å². The Morgan fingerprint density at radius 2 is 2.05 bits per heavy atom. The second kappa shape index (κ2) is 4.50. The van der Waals surface area contributed by atoms with Gasteiger partial charge < -0.3 is 4.90 Å². The van der Waals surface area contributed by atoms with Crippen LogP contribution in [0.4, 0.5) is 5.82 Å². The molecular formula is C14H17N5. The van der Waals surface area contributed by atoms with E-state index in [1.54, 1.807) is 6.33 Å². The summed E-state index contributed by atoms with van der Waals surface area (Å²) in [7, 11) is 0. The summed E-state index contributed by atoms with van der Waals surface area (Å²) < 4.78 is 2.00. The molecule has 2 aromatic heterocycles. The third kappa shape index (κ3) is 1.82. The van der Waals surface area contributed by atoms with E-state index >= 15 is 0 Å². The van der Waals surface area contributed by atoms with E-state index < -0.39 is 0 Å². The van der Waals surface area contributed by atoms with Crippen LogP contribution < -0.4 is 4.90 Å². The lowest BCUT2D eigenvalue weighted by atomic mass is 10.2. The quantitative estimate of drug-likeness (QED) is 0.721. The first kappa shape index (κ1) is 11.9. The summed E-state index contributed by atoms with van der Waals surface area (Å²) >= 11 is 0. The molecule has 0 saturated heterocycles. The molecule has 0 amide bonds. The lowest BCUT2D eigenvalue weighted by Crippen LogP contribution is -2.31. The smallest absolute Gasteiger partial charge is 0.204 e. The monoisotopic (exact) mass is 255 g/mol. The molecule has 0 saturated carbocycles. The molecule has 0 unspecified atom stereocenters. The lowest BCUT2D eigenvalue weighted by molar-refractivity contribution is 0.695. The maximum absolute atomic E-state index is 4.77. The number of fused-ring (bicyclic) bond motifs is 3. The van der Waals surface area contributed by atoms with Crippen molar-refractivity contribution < 1.29 is 0 Å². The van der Waals surface area contributed by atoms with E-state index in [0.29, 0.717) is 6.04 Å². The highest BCUT2D eigenvalue weighted by atomic mass is 15.3. The van der Waals surface area contributed by atoms with Crippen molar-refractivity contribution in [1.82, 2.24) is 19.6 Å². The standard InChI is InChI=1S/C14H17N5/c1-4-18(10(2)3)13-14-17-15-9-19(14)12-8-6-5-7-11(12)16-13/h5-10H,4H2,1-3H3. The Morgan fingerprint density at radius 1 is 1.26 bits per heavy atom. The zero-order chi connectivity index (χ0) is 13.4. The van der Waals surface area contributed by atoms with Gasteiger partial charge in [0.05, 0.1) is 11.0 Å². The van der Waals surface area contributed by atoms with Crippen molar-refractivity contribution in [2.45, 2.75) is 26.8 Å². The van der Waals surface area contributed by atoms with Gasteiger partial charge in [0.2, 0.25) is 5.65 Å². The topological polar surface area (TPSA) is 46.3 Å². The average molecular weight is 255 g/mol. The molecule has 0 aliphatic carbocycles. The van der Waals surface area contributed by atoms with Gasteiger partial charge in [0.1, 0.15) is 6.33 Å².